The zero-order valence-corrected chi connectivity index (χ0v) is 23.7. The lowest BCUT2D eigenvalue weighted by Gasteiger charge is -2.34. The molecule has 1 fully saturated rings. The van der Waals surface area contributed by atoms with Gasteiger partial charge in [0.1, 0.15) is 12.4 Å². The van der Waals surface area contributed by atoms with Crippen molar-refractivity contribution in [3.8, 4) is 6.01 Å². The number of anilines is 2. The van der Waals surface area contributed by atoms with Crippen molar-refractivity contribution in [1.82, 2.24) is 20.2 Å². The molecule has 1 saturated heterocycles. The Bertz CT molecular complexity index is 1260. The second kappa shape index (κ2) is 12.9. The Balaban J connectivity index is 0.00000144. The van der Waals surface area contributed by atoms with E-state index in [-0.39, 0.29) is 0 Å². The van der Waals surface area contributed by atoms with Crippen molar-refractivity contribution < 1.29 is 4.74 Å². The number of thiol groups is 1. The first-order valence-corrected chi connectivity index (χ1v) is 14.8. The van der Waals surface area contributed by atoms with Crippen molar-refractivity contribution in [2.75, 3.05) is 61.9 Å². The van der Waals surface area contributed by atoms with Crippen LogP contribution in [0.2, 0.25) is 5.02 Å². The van der Waals surface area contributed by atoms with Crippen LogP contribution in [0.25, 0.3) is 10.8 Å². The highest BCUT2D eigenvalue weighted by molar-refractivity contribution is 7.79. The Morgan fingerprint density at radius 2 is 1.82 bits per heavy atom. The quantitative estimate of drug-likeness (QED) is 0.411. The van der Waals surface area contributed by atoms with Gasteiger partial charge < -0.3 is 19.9 Å². The first-order valence-electron chi connectivity index (χ1n) is 13.5. The van der Waals surface area contributed by atoms with E-state index in [0.717, 1.165) is 78.7 Å². The van der Waals surface area contributed by atoms with Crippen molar-refractivity contribution in [2.45, 2.75) is 32.2 Å². The second-order valence-electron chi connectivity index (χ2n) is 9.76. The van der Waals surface area contributed by atoms with Crippen LogP contribution in [-0.4, -0.2) is 67.0 Å². The zero-order valence-electron chi connectivity index (χ0n) is 22.1. The summed E-state index contributed by atoms with van der Waals surface area (Å²) in [6.07, 6.45) is 10.5. The van der Waals surface area contributed by atoms with Crippen LogP contribution in [0.4, 0.5) is 11.5 Å². The SMILES string of the molecule is CS.Clc1cccc2cccc(N3CCc4c(nc(OCCN5CCCCC5)nc4N4C=CNCC4)C3)c12. The predicted octanol–water partition coefficient (Wildman–Crippen LogP) is 5.14. The third-order valence-electron chi connectivity index (χ3n) is 7.42. The van der Waals surface area contributed by atoms with Gasteiger partial charge in [-0.25, -0.2) is 0 Å². The van der Waals surface area contributed by atoms with E-state index in [0.29, 0.717) is 19.2 Å². The summed E-state index contributed by atoms with van der Waals surface area (Å²) in [5.41, 5.74) is 3.40. The normalized spacial score (nSPS) is 17.4. The van der Waals surface area contributed by atoms with E-state index >= 15 is 0 Å². The highest BCUT2D eigenvalue weighted by Crippen LogP contribution is 2.37. The number of likely N-dealkylation sites (tertiary alicyclic amines) is 1. The molecule has 0 atom stereocenters. The molecule has 0 unspecified atom stereocenters. The summed E-state index contributed by atoms with van der Waals surface area (Å²) < 4.78 is 6.17. The van der Waals surface area contributed by atoms with Crippen molar-refractivity contribution in [3.63, 3.8) is 0 Å². The molecule has 0 spiro atoms. The number of hydrogen-bond acceptors (Lipinski definition) is 8. The minimum absolute atomic E-state index is 0.477. The molecule has 1 N–H and O–H groups in total. The van der Waals surface area contributed by atoms with E-state index in [1.54, 1.807) is 6.26 Å². The van der Waals surface area contributed by atoms with Crippen molar-refractivity contribution in [2.24, 2.45) is 0 Å². The lowest BCUT2D eigenvalue weighted by Crippen LogP contribution is -2.36. The van der Waals surface area contributed by atoms with E-state index in [4.69, 9.17) is 26.3 Å². The molecule has 2 aromatic carbocycles. The molecule has 0 aliphatic carbocycles. The third-order valence-corrected chi connectivity index (χ3v) is 7.74. The number of nitrogens with one attached hydrogen (secondary N) is 1. The highest BCUT2D eigenvalue weighted by atomic mass is 35.5. The van der Waals surface area contributed by atoms with Crippen molar-refractivity contribution in [3.05, 3.63) is 65.1 Å². The standard InChI is InChI=1S/C28H33ClN6O.CH4S/c29-23-8-4-6-21-7-5-9-25(26(21)23)35-15-10-22-24(20-35)31-28(32-27(22)34-16-11-30-12-17-34)36-19-18-33-13-2-1-3-14-33;1-2/h4-9,11,16,30H,1-3,10,12-15,17-20H2;2H,1H3. The molecule has 0 amide bonds. The largest absolute Gasteiger partial charge is 0.462 e. The van der Waals surface area contributed by atoms with Gasteiger partial charge in [-0.3, -0.25) is 4.90 Å². The summed E-state index contributed by atoms with van der Waals surface area (Å²) in [4.78, 5) is 16.9. The van der Waals surface area contributed by atoms with E-state index < -0.39 is 0 Å². The molecule has 1 aromatic heterocycles. The van der Waals surface area contributed by atoms with E-state index in [9.17, 15) is 0 Å². The molecule has 6 rings (SSSR count). The van der Waals surface area contributed by atoms with Crippen LogP contribution < -0.4 is 19.9 Å². The molecule has 7 nitrogen and oxygen atoms in total. The number of fused-ring (bicyclic) bond motifs is 2. The number of aromatic nitrogens is 2. The lowest BCUT2D eigenvalue weighted by molar-refractivity contribution is 0.177. The average Bonchev–Trinajstić information content (AvgIpc) is 2.98. The smallest absolute Gasteiger partial charge is 0.318 e. The van der Waals surface area contributed by atoms with Crippen LogP contribution in [0, 0.1) is 0 Å². The van der Waals surface area contributed by atoms with Crippen LogP contribution in [0.5, 0.6) is 6.01 Å². The van der Waals surface area contributed by atoms with Gasteiger partial charge in [0.2, 0.25) is 0 Å². The Labute approximate surface area is 236 Å². The Kier molecular flexibility index (Phi) is 9.14. The average molecular weight is 553 g/mol. The fourth-order valence-electron chi connectivity index (χ4n) is 5.55. The fourth-order valence-corrected chi connectivity index (χ4v) is 5.83. The summed E-state index contributed by atoms with van der Waals surface area (Å²) in [5.74, 6) is 0.973. The van der Waals surface area contributed by atoms with E-state index in [2.05, 4.69) is 63.1 Å². The van der Waals surface area contributed by atoms with Gasteiger partial charge in [-0.15, -0.1) is 0 Å². The Hall–Kier alpha value is -2.68. The molecular weight excluding hydrogens is 516 g/mol. The van der Waals surface area contributed by atoms with Gasteiger partial charge in [0.25, 0.3) is 0 Å². The van der Waals surface area contributed by atoms with Crippen LogP contribution >= 0.6 is 24.2 Å². The predicted molar refractivity (Wildman–Crippen MR) is 161 cm³/mol. The molecular formula is C29H37ClN6OS. The number of halogens is 1. The minimum Gasteiger partial charge on any atom is -0.462 e. The maximum Gasteiger partial charge on any atom is 0.318 e. The molecule has 0 radical (unpaired) electrons. The number of rotatable bonds is 6. The number of ether oxygens (including phenoxy) is 1. The first-order chi connectivity index (χ1) is 18.8. The second-order valence-corrected chi connectivity index (χ2v) is 10.2. The fraction of sp³-hybridized carbons (Fsp3) is 0.448. The molecule has 3 aliphatic rings. The summed E-state index contributed by atoms with van der Waals surface area (Å²) in [6.45, 7) is 7.20. The van der Waals surface area contributed by atoms with Gasteiger partial charge in [-0.1, -0.05) is 42.3 Å². The number of hydrogen-bond donors (Lipinski definition) is 2. The topological polar surface area (TPSA) is 56.8 Å². The van der Waals surface area contributed by atoms with Gasteiger partial charge in [0, 0.05) is 55.2 Å². The minimum atomic E-state index is 0.477. The van der Waals surface area contributed by atoms with Gasteiger partial charge in [0.15, 0.2) is 0 Å². The maximum absolute atomic E-state index is 6.66. The molecule has 3 aliphatic heterocycles. The summed E-state index contributed by atoms with van der Waals surface area (Å²) in [6, 6.07) is 13.0. The van der Waals surface area contributed by atoms with Crippen LogP contribution in [-0.2, 0) is 13.0 Å². The van der Waals surface area contributed by atoms with Gasteiger partial charge in [-0.2, -0.15) is 22.6 Å². The van der Waals surface area contributed by atoms with Crippen LogP contribution in [0.1, 0.15) is 30.5 Å². The van der Waals surface area contributed by atoms with Crippen molar-refractivity contribution in [1.29, 1.82) is 0 Å². The van der Waals surface area contributed by atoms with Crippen molar-refractivity contribution >= 4 is 46.5 Å². The summed E-state index contributed by atoms with van der Waals surface area (Å²) in [7, 11) is 0. The molecule has 202 valence electrons. The lowest BCUT2D eigenvalue weighted by atomic mass is 10.0. The van der Waals surface area contributed by atoms with Crippen LogP contribution in [0.3, 0.4) is 0 Å². The Morgan fingerprint density at radius 1 is 1.00 bits per heavy atom. The van der Waals surface area contributed by atoms with Gasteiger partial charge in [-0.05, 0) is 56.1 Å². The molecule has 9 heteroatoms. The summed E-state index contributed by atoms with van der Waals surface area (Å²) in [5, 5.41) is 6.31. The van der Waals surface area contributed by atoms with E-state index in [1.807, 2.05) is 18.3 Å². The molecule has 0 bridgehead atoms. The number of benzene rings is 2. The molecule has 0 saturated carbocycles. The maximum atomic E-state index is 6.66. The van der Waals surface area contributed by atoms with Gasteiger partial charge in [0.05, 0.1) is 17.3 Å². The van der Waals surface area contributed by atoms with Gasteiger partial charge >= 0.3 is 6.01 Å². The molecule has 3 aromatic rings. The highest BCUT2D eigenvalue weighted by Gasteiger charge is 2.27. The zero-order chi connectivity index (χ0) is 26.3. The number of piperidine rings is 1. The third kappa shape index (κ3) is 5.98. The summed E-state index contributed by atoms with van der Waals surface area (Å²) >= 11 is 10.2. The monoisotopic (exact) mass is 552 g/mol. The van der Waals surface area contributed by atoms with Crippen LogP contribution in [0.15, 0.2) is 48.8 Å². The van der Waals surface area contributed by atoms with E-state index in [1.165, 1.54) is 24.8 Å². The molecule has 4 heterocycles. The number of nitrogens with zero attached hydrogens (tertiary/aromatic N) is 5. The first kappa shape index (κ1) is 26.9. The molecule has 38 heavy (non-hydrogen) atoms. The Morgan fingerprint density at radius 3 is 2.61 bits per heavy atom.